The van der Waals surface area contributed by atoms with Gasteiger partial charge in [-0.15, -0.1) is 0 Å². The van der Waals surface area contributed by atoms with E-state index in [4.69, 9.17) is 16.2 Å². The summed E-state index contributed by atoms with van der Waals surface area (Å²) in [6.07, 6.45) is 0.609. The number of benzene rings is 2. The van der Waals surface area contributed by atoms with Gasteiger partial charge in [-0.1, -0.05) is 0 Å². The minimum atomic E-state index is -0.0198. The minimum Gasteiger partial charge on any atom is -0.508 e. The number of nitrogens with two attached hydrogens (primary N) is 2. The Morgan fingerprint density at radius 1 is 1.05 bits per heavy atom. The van der Waals surface area contributed by atoms with Crippen LogP contribution >= 0.6 is 0 Å². The Morgan fingerprint density at radius 2 is 1.80 bits per heavy atom. The van der Waals surface area contributed by atoms with Crippen LogP contribution in [0.15, 0.2) is 30.3 Å². The van der Waals surface area contributed by atoms with E-state index in [-0.39, 0.29) is 11.5 Å². The Kier molecular flexibility index (Phi) is 4.00. The Bertz CT molecular complexity index is 627. The molecule has 0 radical (unpaired) electrons. The number of ether oxygens (including phenoxy) is 1. The maximum absolute atomic E-state index is 10.0. The smallest absolute Gasteiger partial charge is 0.127 e. The van der Waals surface area contributed by atoms with Crippen molar-refractivity contribution in [1.82, 2.24) is 0 Å². The summed E-state index contributed by atoms with van der Waals surface area (Å²) in [7, 11) is 1.62. The number of aromatic hydroxyl groups is 2. The first-order valence-electron chi connectivity index (χ1n) is 6.22. The van der Waals surface area contributed by atoms with E-state index in [2.05, 4.69) is 0 Å². The first-order chi connectivity index (χ1) is 9.52. The van der Waals surface area contributed by atoms with Crippen LogP contribution in [0.2, 0.25) is 0 Å². The fourth-order valence-corrected chi connectivity index (χ4v) is 2.19. The number of hydrogen-bond acceptors (Lipinski definition) is 5. The average molecular weight is 274 g/mol. The van der Waals surface area contributed by atoms with Gasteiger partial charge in [0.05, 0.1) is 6.61 Å². The molecule has 2 rings (SSSR count). The standard InChI is InChI=1S/C15H18N2O3/c1-20-5-4-11-13(6-9(16)7-14(11)17)12-3-2-10(18)8-15(12)19/h2-3,6-8,18-19H,4-5,16-17H2,1H3. The molecular weight excluding hydrogens is 256 g/mol. The molecule has 6 N–H and O–H groups in total. The summed E-state index contributed by atoms with van der Waals surface area (Å²) in [4.78, 5) is 0. The highest BCUT2D eigenvalue weighted by Crippen LogP contribution is 2.37. The molecule has 0 unspecified atom stereocenters. The second-order valence-electron chi connectivity index (χ2n) is 4.58. The van der Waals surface area contributed by atoms with Crippen molar-refractivity contribution >= 4 is 11.4 Å². The van der Waals surface area contributed by atoms with Crippen LogP contribution in [0.3, 0.4) is 0 Å². The molecule has 106 valence electrons. The summed E-state index contributed by atoms with van der Waals surface area (Å²) in [5, 5.41) is 19.4. The van der Waals surface area contributed by atoms with Gasteiger partial charge in [-0.05, 0) is 41.8 Å². The highest BCUT2D eigenvalue weighted by molar-refractivity contribution is 5.81. The van der Waals surface area contributed by atoms with Gasteiger partial charge in [0.1, 0.15) is 11.5 Å². The molecule has 0 aliphatic rings. The van der Waals surface area contributed by atoms with Crippen LogP contribution < -0.4 is 11.5 Å². The molecule has 0 spiro atoms. The molecule has 0 atom stereocenters. The van der Waals surface area contributed by atoms with Crippen LogP contribution in [0, 0.1) is 0 Å². The highest BCUT2D eigenvalue weighted by atomic mass is 16.5. The second-order valence-corrected chi connectivity index (χ2v) is 4.58. The van der Waals surface area contributed by atoms with Gasteiger partial charge in [0.2, 0.25) is 0 Å². The van der Waals surface area contributed by atoms with E-state index in [1.807, 2.05) is 0 Å². The van der Waals surface area contributed by atoms with Crippen molar-refractivity contribution in [1.29, 1.82) is 0 Å². The van der Waals surface area contributed by atoms with Crippen LogP contribution in [-0.4, -0.2) is 23.9 Å². The van der Waals surface area contributed by atoms with Gasteiger partial charge in [0.15, 0.2) is 0 Å². The molecule has 5 heteroatoms. The van der Waals surface area contributed by atoms with Crippen LogP contribution in [-0.2, 0) is 11.2 Å². The van der Waals surface area contributed by atoms with E-state index in [1.54, 1.807) is 25.3 Å². The molecule has 0 aromatic heterocycles. The Morgan fingerprint density at radius 3 is 2.45 bits per heavy atom. The highest BCUT2D eigenvalue weighted by Gasteiger charge is 2.13. The summed E-state index contributed by atoms with van der Waals surface area (Å²) in [6, 6.07) is 7.87. The number of nitrogen functional groups attached to an aromatic ring is 2. The number of rotatable bonds is 4. The van der Waals surface area contributed by atoms with Crippen LogP contribution in [0.25, 0.3) is 11.1 Å². The fourth-order valence-electron chi connectivity index (χ4n) is 2.19. The van der Waals surface area contributed by atoms with Crippen LogP contribution in [0.5, 0.6) is 11.5 Å². The molecule has 0 amide bonds. The van der Waals surface area contributed by atoms with E-state index in [0.717, 1.165) is 11.1 Å². The molecule has 0 aliphatic carbocycles. The lowest BCUT2D eigenvalue weighted by atomic mass is 9.95. The van der Waals surface area contributed by atoms with Gasteiger partial charge in [0.25, 0.3) is 0 Å². The third kappa shape index (κ3) is 2.78. The Balaban J connectivity index is 2.59. The van der Waals surface area contributed by atoms with Crippen LogP contribution in [0.1, 0.15) is 5.56 Å². The van der Waals surface area contributed by atoms with Gasteiger partial charge in [0, 0.05) is 30.1 Å². The van der Waals surface area contributed by atoms with Crippen molar-refractivity contribution in [3.63, 3.8) is 0 Å². The minimum absolute atomic E-state index is 0.00145. The molecular formula is C15H18N2O3. The molecule has 2 aromatic rings. The summed E-state index contributed by atoms with van der Waals surface area (Å²) in [5.41, 5.74) is 15.1. The maximum atomic E-state index is 10.0. The first kappa shape index (κ1) is 14.0. The normalized spacial score (nSPS) is 10.7. The Labute approximate surface area is 117 Å². The third-order valence-corrected chi connectivity index (χ3v) is 3.13. The first-order valence-corrected chi connectivity index (χ1v) is 6.22. The molecule has 0 saturated carbocycles. The van der Waals surface area contributed by atoms with Crippen molar-refractivity contribution in [2.24, 2.45) is 0 Å². The molecule has 0 fully saturated rings. The average Bonchev–Trinajstić information content (AvgIpc) is 2.37. The van der Waals surface area contributed by atoms with E-state index >= 15 is 0 Å². The summed E-state index contributed by atoms with van der Waals surface area (Å²) >= 11 is 0. The quantitative estimate of drug-likeness (QED) is 0.640. The number of phenolic OH excluding ortho intramolecular Hbond substituents is 2. The lowest BCUT2D eigenvalue weighted by molar-refractivity contribution is 0.202. The largest absolute Gasteiger partial charge is 0.508 e. The predicted molar refractivity (Wildman–Crippen MR) is 79.6 cm³/mol. The lowest BCUT2D eigenvalue weighted by Gasteiger charge is -2.15. The second kappa shape index (κ2) is 5.71. The zero-order valence-corrected chi connectivity index (χ0v) is 11.3. The van der Waals surface area contributed by atoms with E-state index in [1.165, 1.54) is 12.1 Å². The van der Waals surface area contributed by atoms with Gasteiger partial charge in [-0.3, -0.25) is 0 Å². The SMILES string of the molecule is COCCc1c(N)cc(N)cc1-c1ccc(O)cc1O. The molecule has 0 heterocycles. The van der Waals surface area contributed by atoms with Crippen molar-refractivity contribution in [3.05, 3.63) is 35.9 Å². The zero-order valence-electron chi connectivity index (χ0n) is 11.3. The van der Waals surface area contributed by atoms with Crippen molar-refractivity contribution in [2.75, 3.05) is 25.2 Å². The molecule has 5 nitrogen and oxygen atoms in total. The van der Waals surface area contributed by atoms with Crippen molar-refractivity contribution in [3.8, 4) is 22.6 Å². The summed E-state index contributed by atoms with van der Waals surface area (Å²) < 4.78 is 5.08. The molecule has 2 aromatic carbocycles. The zero-order chi connectivity index (χ0) is 14.7. The Hall–Kier alpha value is -2.40. The van der Waals surface area contributed by atoms with Gasteiger partial charge < -0.3 is 26.4 Å². The number of hydrogen-bond donors (Lipinski definition) is 4. The van der Waals surface area contributed by atoms with E-state index in [0.29, 0.717) is 30.0 Å². The monoisotopic (exact) mass is 274 g/mol. The molecule has 0 saturated heterocycles. The molecule has 20 heavy (non-hydrogen) atoms. The van der Waals surface area contributed by atoms with E-state index < -0.39 is 0 Å². The predicted octanol–water partition coefficient (Wildman–Crippen LogP) is 2.12. The van der Waals surface area contributed by atoms with Crippen LogP contribution in [0.4, 0.5) is 11.4 Å². The van der Waals surface area contributed by atoms with E-state index in [9.17, 15) is 10.2 Å². The summed E-state index contributed by atoms with van der Waals surface area (Å²) in [6.45, 7) is 0.514. The number of phenols is 2. The van der Waals surface area contributed by atoms with Crippen molar-refractivity contribution in [2.45, 2.75) is 6.42 Å². The van der Waals surface area contributed by atoms with Crippen molar-refractivity contribution < 1.29 is 14.9 Å². The number of methoxy groups -OCH3 is 1. The summed E-state index contributed by atoms with van der Waals surface area (Å²) in [5.74, 6) is -0.0183. The maximum Gasteiger partial charge on any atom is 0.127 e. The van der Waals surface area contributed by atoms with Gasteiger partial charge >= 0.3 is 0 Å². The lowest BCUT2D eigenvalue weighted by Crippen LogP contribution is -2.03. The van der Waals surface area contributed by atoms with Gasteiger partial charge in [-0.2, -0.15) is 0 Å². The molecule has 0 aliphatic heterocycles. The van der Waals surface area contributed by atoms with Gasteiger partial charge in [-0.25, -0.2) is 0 Å². The molecule has 0 bridgehead atoms. The fraction of sp³-hybridized carbons (Fsp3) is 0.200. The number of anilines is 2. The topological polar surface area (TPSA) is 102 Å². The third-order valence-electron chi connectivity index (χ3n) is 3.13.